The van der Waals surface area contributed by atoms with Crippen molar-refractivity contribution in [3.05, 3.63) is 41.6 Å². The van der Waals surface area contributed by atoms with Gasteiger partial charge in [0.05, 0.1) is 0 Å². The van der Waals surface area contributed by atoms with Gasteiger partial charge in [-0.15, -0.1) is 0 Å². The number of nitrogens with one attached hydrogen (secondary N) is 1. The van der Waals surface area contributed by atoms with E-state index in [2.05, 4.69) is 42.4 Å². The number of aromatic nitrogens is 1. The van der Waals surface area contributed by atoms with Gasteiger partial charge in [0.15, 0.2) is 0 Å². The second-order valence-corrected chi connectivity index (χ2v) is 4.73. The summed E-state index contributed by atoms with van der Waals surface area (Å²) in [7, 11) is 0. The Morgan fingerprint density at radius 3 is 2.94 bits per heavy atom. The minimum atomic E-state index is 1.24. The Balaban J connectivity index is 2.16. The lowest BCUT2D eigenvalue weighted by molar-refractivity contribution is 0.742. The van der Waals surface area contributed by atoms with Crippen LogP contribution in [0.15, 0.2) is 30.5 Å². The van der Waals surface area contributed by atoms with E-state index in [1.165, 1.54) is 53.3 Å². The Morgan fingerprint density at radius 2 is 2.12 bits per heavy atom. The lowest BCUT2D eigenvalue weighted by Gasteiger charge is -2.11. The molecule has 1 N–H and O–H groups in total. The average Bonchev–Trinajstić information content (AvgIpc) is 2.73. The van der Waals surface area contributed by atoms with Crippen molar-refractivity contribution in [3.63, 3.8) is 0 Å². The van der Waals surface area contributed by atoms with Gasteiger partial charge in [0, 0.05) is 22.7 Å². The summed E-state index contributed by atoms with van der Waals surface area (Å²) in [5, 5.41) is 1.38. The van der Waals surface area contributed by atoms with Crippen molar-refractivity contribution >= 4 is 16.5 Å². The molecule has 1 aliphatic rings. The predicted octanol–water partition coefficient (Wildman–Crippen LogP) is 4.43. The van der Waals surface area contributed by atoms with E-state index >= 15 is 0 Å². The molecule has 0 aliphatic heterocycles. The molecule has 0 atom stereocenters. The number of fused-ring (bicyclic) bond motifs is 1. The zero-order valence-electron chi connectivity index (χ0n) is 9.72. The van der Waals surface area contributed by atoms with Crippen LogP contribution in [0.25, 0.3) is 16.5 Å². The van der Waals surface area contributed by atoms with Crippen LogP contribution in [0, 0.1) is 6.92 Å². The summed E-state index contributed by atoms with van der Waals surface area (Å²) in [5.41, 5.74) is 5.54. The van der Waals surface area contributed by atoms with Crippen LogP contribution in [0.5, 0.6) is 0 Å². The quantitative estimate of drug-likeness (QED) is 0.718. The highest BCUT2D eigenvalue weighted by atomic mass is 14.7. The van der Waals surface area contributed by atoms with E-state index in [1.54, 1.807) is 0 Å². The summed E-state index contributed by atoms with van der Waals surface area (Å²) in [6, 6.07) is 6.63. The van der Waals surface area contributed by atoms with Crippen molar-refractivity contribution in [2.24, 2.45) is 0 Å². The fourth-order valence-electron chi connectivity index (χ4n) is 2.58. The molecule has 0 saturated carbocycles. The van der Waals surface area contributed by atoms with Gasteiger partial charge in [-0.3, -0.25) is 0 Å². The maximum Gasteiger partial charge on any atom is 0.0460 e. The molecule has 1 heteroatoms. The molecule has 0 unspecified atom stereocenters. The van der Waals surface area contributed by atoms with Gasteiger partial charge in [-0.05, 0) is 50.3 Å². The molecule has 0 saturated heterocycles. The zero-order valence-corrected chi connectivity index (χ0v) is 9.72. The number of benzene rings is 1. The Labute approximate surface area is 96.2 Å². The number of hydrogen-bond acceptors (Lipinski definition) is 0. The van der Waals surface area contributed by atoms with E-state index in [9.17, 15) is 0 Å². The molecule has 16 heavy (non-hydrogen) atoms. The lowest BCUT2D eigenvalue weighted by Crippen LogP contribution is -1.90. The third-order valence-corrected chi connectivity index (χ3v) is 3.47. The van der Waals surface area contributed by atoms with Crippen LogP contribution in [0.2, 0.25) is 0 Å². The Kier molecular flexibility index (Phi) is 2.32. The fourth-order valence-corrected chi connectivity index (χ4v) is 2.58. The lowest BCUT2D eigenvalue weighted by atomic mass is 9.93. The van der Waals surface area contributed by atoms with Crippen LogP contribution in [-0.4, -0.2) is 4.98 Å². The van der Waals surface area contributed by atoms with Gasteiger partial charge in [0.1, 0.15) is 0 Å². The van der Waals surface area contributed by atoms with E-state index in [4.69, 9.17) is 0 Å². The maximum absolute atomic E-state index is 3.37. The van der Waals surface area contributed by atoms with Gasteiger partial charge >= 0.3 is 0 Å². The number of H-pyrrole nitrogens is 1. The molecule has 2 aromatic rings. The highest BCUT2D eigenvalue weighted by Gasteiger charge is 2.10. The first-order valence-corrected chi connectivity index (χ1v) is 6.12. The monoisotopic (exact) mass is 211 g/mol. The molecule has 0 spiro atoms. The van der Waals surface area contributed by atoms with Crippen molar-refractivity contribution in [1.82, 2.24) is 4.98 Å². The molecular formula is C15H17N. The van der Waals surface area contributed by atoms with Crippen LogP contribution in [0.1, 0.15) is 36.8 Å². The Morgan fingerprint density at radius 1 is 1.19 bits per heavy atom. The second kappa shape index (κ2) is 3.82. The molecule has 3 rings (SSSR count). The summed E-state index contributed by atoms with van der Waals surface area (Å²) in [6.07, 6.45) is 9.75. The van der Waals surface area contributed by atoms with Gasteiger partial charge in [-0.25, -0.2) is 0 Å². The van der Waals surface area contributed by atoms with Crippen molar-refractivity contribution < 1.29 is 0 Å². The molecule has 1 aromatic heterocycles. The highest BCUT2D eigenvalue weighted by molar-refractivity contribution is 5.93. The van der Waals surface area contributed by atoms with E-state index in [0.29, 0.717) is 0 Å². The van der Waals surface area contributed by atoms with Gasteiger partial charge in [-0.1, -0.05) is 17.7 Å². The first-order valence-electron chi connectivity index (χ1n) is 6.12. The molecule has 0 bridgehead atoms. The number of rotatable bonds is 1. The molecule has 0 fully saturated rings. The summed E-state index contributed by atoms with van der Waals surface area (Å²) in [4.78, 5) is 3.37. The number of hydrogen-bond donors (Lipinski definition) is 1. The second-order valence-electron chi connectivity index (χ2n) is 4.73. The van der Waals surface area contributed by atoms with Crippen LogP contribution in [0.4, 0.5) is 0 Å². The molecular weight excluding hydrogens is 194 g/mol. The van der Waals surface area contributed by atoms with Gasteiger partial charge in [-0.2, -0.15) is 0 Å². The van der Waals surface area contributed by atoms with Gasteiger partial charge in [0.25, 0.3) is 0 Å². The normalized spacial score (nSPS) is 16.4. The zero-order chi connectivity index (χ0) is 11.0. The molecule has 0 amide bonds. The van der Waals surface area contributed by atoms with Gasteiger partial charge in [0.2, 0.25) is 0 Å². The van der Waals surface area contributed by atoms with Gasteiger partial charge < -0.3 is 4.98 Å². The summed E-state index contributed by atoms with van der Waals surface area (Å²) < 4.78 is 0. The first-order chi connectivity index (χ1) is 7.84. The smallest absolute Gasteiger partial charge is 0.0460 e. The van der Waals surface area contributed by atoms with Crippen molar-refractivity contribution in [1.29, 1.82) is 0 Å². The molecule has 82 valence electrons. The first kappa shape index (κ1) is 9.71. The van der Waals surface area contributed by atoms with Crippen molar-refractivity contribution in [3.8, 4) is 0 Å². The minimum Gasteiger partial charge on any atom is -0.361 e. The summed E-state index contributed by atoms with van der Waals surface area (Å²) in [6.45, 7) is 2.16. The summed E-state index contributed by atoms with van der Waals surface area (Å²) >= 11 is 0. The minimum absolute atomic E-state index is 1.24. The van der Waals surface area contributed by atoms with E-state index in [-0.39, 0.29) is 0 Å². The van der Waals surface area contributed by atoms with Crippen LogP contribution in [0.3, 0.4) is 0 Å². The van der Waals surface area contributed by atoms with Crippen LogP contribution in [-0.2, 0) is 0 Å². The Hall–Kier alpha value is -1.50. The standard InChI is InChI=1S/C15H17N/c1-11-7-8-15-13(9-11)14(10-16-15)12-5-3-2-4-6-12/h5,7-10,16H,2-4,6H2,1H3. The van der Waals surface area contributed by atoms with E-state index in [1.807, 2.05) is 0 Å². The topological polar surface area (TPSA) is 15.8 Å². The summed E-state index contributed by atoms with van der Waals surface area (Å²) in [5.74, 6) is 0. The van der Waals surface area contributed by atoms with E-state index < -0.39 is 0 Å². The molecule has 0 radical (unpaired) electrons. The third kappa shape index (κ3) is 1.57. The Bertz CT molecular complexity index is 546. The fraction of sp³-hybridized carbons (Fsp3) is 0.333. The van der Waals surface area contributed by atoms with Crippen LogP contribution >= 0.6 is 0 Å². The highest BCUT2D eigenvalue weighted by Crippen LogP contribution is 2.32. The van der Waals surface area contributed by atoms with Crippen molar-refractivity contribution in [2.75, 3.05) is 0 Å². The third-order valence-electron chi connectivity index (χ3n) is 3.47. The average molecular weight is 211 g/mol. The SMILES string of the molecule is Cc1ccc2[nH]cc(C3=CCCCC3)c2c1. The molecule has 1 nitrogen and oxygen atoms in total. The number of allylic oxidation sites excluding steroid dienone is 2. The molecule has 1 heterocycles. The van der Waals surface area contributed by atoms with E-state index in [0.717, 1.165) is 0 Å². The predicted molar refractivity (Wildman–Crippen MR) is 69.5 cm³/mol. The molecule has 1 aromatic carbocycles. The number of aromatic amines is 1. The van der Waals surface area contributed by atoms with Crippen LogP contribution < -0.4 is 0 Å². The number of aryl methyl sites for hydroxylation is 1. The maximum atomic E-state index is 3.37. The van der Waals surface area contributed by atoms with Crippen molar-refractivity contribution in [2.45, 2.75) is 32.6 Å². The molecule has 1 aliphatic carbocycles. The largest absolute Gasteiger partial charge is 0.361 e.